The Morgan fingerprint density at radius 3 is 2.47 bits per heavy atom. The molecule has 1 saturated carbocycles. The summed E-state index contributed by atoms with van der Waals surface area (Å²) in [6.07, 6.45) is 6.56. The molecule has 0 spiro atoms. The number of hydrogen-bond donors (Lipinski definition) is 1. The first-order valence-electron chi connectivity index (χ1n) is 7.37. The van der Waals surface area contributed by atoms with Crippen LogP contribution < -0.4 is 5.32 Å². The average Bonchev–Trinajstić information content (AvgIpc) is 2.46. The first-order valence-corrected chi connectivity index (χ1v) is 8.16. The predicted molar refractivity (Wildman–Crippen MR) is 83.3 cm³/mol. The van der Waals surface area contributed by atoms with E-state index in [1.54, 1.807) is 0 Å². The zero-order valence-corrected chi connectivity index (χ0v) is 13.3. The molecule has 1 aliphatic rings. The van der Waals surface area contributed by atoms with E-state index in [1.165, 1.54) is 37.7 Å². The predicted octanol–water partition coefficient (Wildman–Crippen LogP) is 4.28. The highest BCUT2D eigenvalue weighted by atomic mass is 79.9. The van der Waals surface area contributed by atoms with Crippen molar-refractivity contribution in [1.29, 1.82) is 0 Å². The molecule has 1 N–H and O–H groups in total. The molecule has 1 fully saturated rings. The monoisotopic (exact) mass is 325 g/mol. The van der Waals surface area contributed by atoms with Crippen molar-refractivity contribution in [3.63, 3.8) is 0 Å². The Bertz CT molecular complexity index is 358. The molecule has 0 aromatic heterocycles. The van der Waals surface area contributed by atoms with E-state index in [1.807, 2.05) is 0 Å². The van der Waals surface area contributed by atoms with Crippen molar-refractivity contribution in [2.24, 2.45) is 0 Å². The van der Waals surface area contributed by atoms with Gasteiger partial charge in [0.25, 0.3) is 0 Å². The van der Waals surface area contributed by atoms with Crippen molar-refractivity contribution in [2.75, 3.05) is 6.54 Å². The topological polar surface area (TPSA) is 21.3 Å². The van der Waals surface area contributed by atoms with Gasteiger partial charge in [0.2, 0.25) is 0 Å². The molecule has 0 atom stereocenters. The van der Waals surface area contributed by atoms with Gasteiger partial charge in [0.15, 0.2) is 0 Å². The van der Waals surface area contributed by atoms with E-state index in [2.05, 4.69) is 52.4 Å². The summed E-state index contributed by atoms with van der Waals surface area (Å²) in [4.78, 5) is 0. The average molecular weight is 326 g/mol. The fourth-order valence-electron chi connectivity index (χ4n) is 2.58. The zero-order chi connectivity index (χ0) is 13.5. The molecule has 0 radical (unpaired) electrons. The second-order valence-electron chi connectivity index (χ2n) is 5.37. The van der Waals surface area contributed by atoms with Crippen LogP contribution in [0.15, 0.2) is 28.7 Å². The van der Waals surface area contributed by atoms with E-state index < -0.39 is 0 Å². The molecular weight excluding hydrogens is 302 g/mol. The number of hydrogen-bond acceptors (Lipinski definition) is 2. The minimum atomic E-state index is 0.448. The van der Waals surface area contributed by atoms with Crippen LogP contribution in [-0.2, 0) is 11.3 Å². The fourth-order valence-corrected chi connectivity index (χ4v) is 2.84. The summed E-state index contributed by atoms with van der Waals surface area (Å²) in [6, 6.07) is 9.11. The van der Waals surface area contributed by atoms with E-state index in [-0.39, 0.29) is 0 Å². The summed E-state index contributed by atoms with van der Waals surface area (Å²) >= 11 is 3.45. The van der Waals surface area contributed by atoms with Gasteiger partial charge in [-0.3, -0.25) is 0 Å². The van der Waals surface area contributed by atoms with E-state index in [4.69, 9.17) is 4.74 Å². The SMILES string of the molecule is CCCNC1CCC(OCc2ccc(Br)cc2)CC1. The lowest BCUT2D eigenvalue weighted by Gasteiger charge is -2.29. The molecule has 0 bridgehead atoms. The lowest BCUT2D eigenvalue weighted by atomic mass is 9.93. The molecule has 0 unspecified atom stereocenters. The Balaban J connectivity index is 1.67. The second kappa shape index (κ2) is 8.03. The molecule has 0 aliphatic heterocycles. The minimum absolute atomic E-state index is 0.448. The molecule has 0 heterocycles. The zero-order valence-electron chi connectivity index (χ0n) is 11.7. The van der Waals surface area contributed by atoms with E-state index in [0.717, 1.165) is 17.6 Å². The van der Waals surface area contributed by atoms with Crippen molar-refractivity contribution in [3.8, 4) is 0 Å². The van der Waals surface area contributed by atoms with Gasteiger partial charge in [-0.05, 0) is 56.3 Å². The lowest BCUT2D eigenvalue weighted by molar-refractivity contribution is 0.0114. The molecule has 3 heteroatoms. The summed E-state index contributed by atoms with van der Waals surface area (Å²) < 4.78 is 7.14. The standard InChI is InChI=1S/C16H24BrNO/c1-2-11-18-15-7-9-16(10-8-15)19-12-13-3-5-14(17)6-4-13/h3-6,15-16,18H,2,7-12H2,1H3. The maximum atomic E-state index is 6.02. The van der Waals surface area contributed by atoms with Crippen LogP contribution in [0.2, 0.25) is 0 Å². The van der Waals surface area contributed by atoms with Crippen molar-refractivity contribution in [3.05, 3.63) is 34.3 Å². The normalized spacial score (nSPS) is 23.5. The van der Waals surface area contributed by atoms with Gasteiger partial charge in [0.1, 0.15) is 0 Å². The van der Waals surface area contributed by atoms with Crippen molar-refractivity contribution < 1.29 is 4.74 Å². The third-order valence-corrected chi connectivity index (χ3v) is 4.28. The molecule has 19 heavy (non-hydrogen) atoms. The number of benzene rings is 1. The maximum Gasteiger partial charge on any atom is 0.0720 e. The number of ether oxygens (including phenoxy) is 1. The highest BCUT2D eigenvalue weighted by Crippen LogP contribution is 2.22. The highest BCUT2D eigenvalue weighted by molar-refractivity contribution is 9.10. The van der Waals surface area contributed by atoms with Crippen LogP contribution in [-0.4, -0.2) is 18.7 Å². The van der Waals surface area contributed by atoms with Crippen LogP contribution >= 0.6 is 15.9 Å². The molecule has 1 aliphatic carbocycles. The van der Waals surface area contributed by atoms with Gasteiger partial charge in [-0.2, -0.15) is 0 Å². The van der Waals surface area contributed by atoms with Gasteiger partial charge < -0.3 is 10.1 Å². The van der Waals surface area contributed by atoms with Crippen LogP contribution in [0.25, 0.3) is 0 Å². The van der Waals surface area contributed by atoms with E-state index in [9.17, 15) is 0 Å². The van der Waals surface area contributed by atoms with Crippen LogP contribution in [0.4, 0.5) is 0 Å². The summed E-state index contributed by atoms with van der Waals surface area (Å²) in [5.74, 6) is 0. The van der Waals surface area contributed by atoms with Gasteiger partial charge in [0, 0.05) is 10.5 Å². The first kappa shape index (κ1) is 15.0. The summed E-state index contributed by atoms with van der Waals surface area (Å²) in [6.45, 7) is 4.11. The van der Waals surface area contributed by atoms with Gasteiger partial charge in [-0.25, -0.2) is 0 Å². The molecule has 2 rings (SSSR count). The molecule has 106 valence electrons. The van der Waals surface area contributed by atoms with Gasteiger partial charge >= 0.3 is 0 Å². The Kier molecular flexibility index (Phi) is 6.35. The van der Waals surface area contributed by atoms with Crippen LogP contribution in [0.5, 0.6) is 0 Å². The Morgan fingerprint density at radius 2 is 1.84 bits per heavy atom. The largest absolute Gasteiger partial charge is 0.374 e. The van der Waals surface area contributed by atoms with E-state index >= 15 is 0 Å². The Labute approximate surface area is 125 Å². The summed E-state index contributed by atoms with van der Waals surface area (Å²) in [5, 5.41) is 3.61. The van der Waals surface area contributed by atoms with Gasteiger partial charge in [0.05, 0.1) is 12.7 Å². The van der Waals surface area contributed by atoms with Crippen molar-refractivity contribution in [2.45, 2.75) is 57.8 Å². The molecule has 1 aromatic carbocycles. The summed E-state index contributed by atoms with van der Waals surface area (Å²) in [5.41, 5.74) is 1.26. The van der Waals surface area contributed by atoms with Crippen molar-refractivity contribution in [1.82, 2.24) is 5.32 Å². The minimum Gasteiger partial charge on any atom is -0.374 e. The third-order valence-electron chi connectivity index (χ3n) is 3.76. The summed E-state index contributed by atoms with van der Waals surface area (Å²) in [7, 11) is 0. The number of halogens is 1. The van der Waals surface area contributed by atoms with Crippen LogP contribution in [0.3, 0.4) is 0 Å². The highest BCUT2D eigenvalue weighted by Gasteiger charge is 2.20. The lowest BCUT2D eigenvalue weighted by Crippen LogP contribution is -2.35. The van der Waals surface area contributed by atoms with Gasteiger partial charge in [-0.1, -0.05) is 35.0 Å². The number of rotatable bonds is 6. The second-order valence-corrected chi connectivity index (χ2v) is 6.28. The fraction of sp³-hybridized carbons (Fsp3) is 0.625. The van der Waals surface area contributed by atoms with Crippen LogP contribution in [0.1, 0.15) is 44.6 Å². The Morgan fingerprint density at radius 1 is 1.16 bits per heavy atom. The molecule has 2 nitrogen and oxygen atoms in total. The van der Waals surface area contributed by atoms with E-state index in [0.29, 0.717) is 12.1 Å². The number of nitrogens with one attached hydrogen (secondary N) is 1. The smallest absolute Gasteiger partial charge is 0.0720 e. The van der Waals surface area contributed by atoms with Crippen LogP contribution in [0, 0.1) is 0 Å². The molecule has 0 saturated heterocycles. The molecular formula is C16H24BrNO. The molecule has 0 amide bonds. The first-order chi connectivity index (χ1) is 9.28. The maximum absolute atomic E-state index is 6.02. The van der Waals surface area contributed by atoms with Crippen molar-refractivity contribution >= 4 is 15.9 Å². The molecule has 1 aromatic rings. The third kappa shape index (κ3) is 5.25. The van der Waals surface area contributed by atoms with Gasteiger partial charge in [-0.15, -0.1) is 0 Å². The Hall–Kier alpha value is -0.380. The quantitative estimate of drug-likeness (QED) is 0.843.